The first-order chi connectivity index (χ1) is 15.2. The van der Waals surface area contributed by atoms with Crippen LogP contribution in [0, 0.1) is 11.2 Å². The van der Waals surface area contributed by atoms with Crippen molar-refractivity contribution in [3.63, 3.8) is 0 Å². The summed E-state index contributed by atoms with van der Waals surface area (Å²) >= 11 is 0. The normalized spacial score (nSPS) is 21.3. The molecule has 0 saturated carbocycles. The van der Waals surface area contributed by atoms with Gasteiger partial charge in [0.05, 0.1) is 18.0 Å². The molecule has 1 N–H and O–H groups in total. The van der Waals surface area contributed by atoms with E-state index in [0.717, 1.165) is 43.3 Å². The molecule has 0 spiro atoms. The summed E-state index contributed by atoms with van der Waals surface area (Å²) in [5.74, 6) is -1.32. The lowest BCUT2D eigenvalue weighted by Gasteiger charge is -2.41. The van der Waals surface area contributed by atoms with Crippen molar-refractivity contribution < 1.29 is 35.5 Å². The van der Waals surface area contributed by atoms with Crippen LogP contribution >= 0.6 is 0 Å². The molecule has 176 valence electrons. The predicted molar refractivity (Wildman–Crippen MR) is 109 cm³/mol. The van der Waals surface area contributed by atoms with E-state index < -0.39 is 41.1 Å². The molecule has 0 heterocycles. The topological polar surface area (TPSA) is 29.1 Å². The number of carbonyl (C=O) groups excluding carboxylic acids is 1. The Balaban J connectivity index is 2.03. The molecule has 1 amide bonds. The minimum atomic E-state index is -4.82. The van der Waals surface area contributed by atoms with E-state index in [0.29, 0.717) is 5.56 Å². The van der Waals surface area contributed by atoms with Gasteiger partial charge in [0.25, 0.3) is 0 Å². The zero-order chi connectivity index (χ0) is 24.6. The van der Waals surface area contributed by atoms with Gasteiger partial charge in [0, 0.05) is 0 Å². The SMILES string of the molecule is CC1=CC(C)(C(F)(F)F)C(NC(=O)Cc2ccc(F)cc2)C(c2cccc(C(F)(F)F)c2)=C1. The number of nitrogens with one attached hydrogen (secondary N) is 1. The van der Waals surface area contributed by atoms with Crippen molar-refractivity contribution in [2.45, 2.75) is 38.7 Å². The maximum Gasteiger partial charge on any atom is 0.416 e. The highest BCUT2D eigenvalue weighted by atomic mass is 19.4. The molecule has 2 unspecified atom stereocenters. The molecule has 9 heteroatoms. The summed E-state index contributed by atoms with van der Waals surface area (Å²) < 4.78 is 95.3. The van der Waals surface area contributed by atoms with Gasteiger partial charge in [-0.25, -0.2) is 4.39 Å². The van der Waals surface area contributed by atoms with E-state index in [1.165, 1.54) is 31.2 Å². The van der Waals surface area contributed by atoms with Crippen molar-refractivity contribution in [3.8, 4) is 0 Å². The molecule has 2 aromatic rings. The number of rotatable bonds is 4. The number of benzene rings is 2. The van der Waals surface area contributed by atoms with Crippen LogP contribution in [0.4, 0.5) is 30.7 Å². The van der Waals surface area contributed by atoms with Crippen LogP contribution in [0.25, 0.3) is 5.57 Å². The molecule has 3 rings (SSSR count). The van der Waals surface area contributed by atoms with Crippen LogP contribution in [-0.2, 0) is 17.4 Å². The fraction of sp³-hybridized carbons (Fsp3) is 0.292. The summed E-state index contributed by atoms with van der Waals surface area (Å²) in [6, 6.07) is 7.16. The summed E-state index contributed by atoms with van der Waals surface area (Å²) in [6.45, 7) is 2.30. The molecule has 2 atom stereocenters. The first-order valence-corrected chi connectivity index (χ1v) is 9.90. The zero-order valence-electron chi connectivity index (χ0n) is 17.6. The highest BCUT2D eigenvalue weighted by Gasteiger charge is 2.57. The van der Waals surface area contributed by atoms with Crippen LogP contribution in [0.15, 0.2) is 66.3 Å². The Morgan fingerprint density at radius 2 is 1.67 bits per heavy atom. The minimum Gasteiger partial charge on any atom is -0.348 e. The molecule has 0 saturated heterocycles. The lowest BCUT2D eigenvalue weighted by Crippen LogP contribution is -2.54. The van der Waals surface area contributed by atoms with Crippen LogP contribution in [0.5, 0.6) is 0 Å². The second-order valence-corrected chi connectivity index (χ2v) is 8.15. The van der Waals surface area contributed by atoms with Crippen LogP contribution in [0.2, 0.25) is 0 Å². The van der Waals surface area contributed by atoms with Gasteiger partial charge in [-0.2, -0.15) is 26.3 Å². The predicted octanol–water partition coefficient (Wildman–Crippen LogP) is 6.48. The van der Waals surface area contributed by atoms with Crippen LogP contribution < -0.4 is 5.32 Å². The van der Waals surface area contributed by atoms with Crippen LogP contribution in [-0.4, -0.2) is 18.1 Å². The number of carbonyl (C=O) groups is 1. The fourth-order valence-corrected chi connectivity index (χ4v) is 3.85. The molecule has 0 bridgehead atoms. The fourth-order valence-electron chi connectivity index (χ4n) is 3.85. The molecular formula is C24H20F7NO. The number of allylic oxidation sites excluding steroid dienone is 2. The van der Waals surface area contributed by atoms with Gasteiger partial charge in [-0.3, -0.25) is 4.79 Å². The third-order valence-electron chi connectivity index (χ3n) is 5.54. The Morgan fingerprint density at radius 1 is 1.03 bits per heavy atom. The second-order valence-electron chi connectivity index (χ2n) is 8.15. The van der Waals surface area contributed by atoms with Crippen LogP contribution in [0.1, 0.15) is 30.5 Å². The van der Waals surface area contributed by atoms with Crippen molar-refractivity contribution in [2.24, 2.45) is 5.41 Å². The highest BCUT2D eigenvalue weighted by molar-refractivity contribution is 5.84. The molecule has 33 heavy (non-hydrogen) atoms. The maximum absolute atomic E-state index is 14.2. The van der Waals surface area contributed by atoms with Gasteiger partial charge in [0.2, 0.25) is 5.91 Å². The van der Waals surface area contributed by atoms with Crippen molar-refractivity contribution in [3.05, 3.63) is 88.8 Å². The van der Waals surface area contributed by atoms with E-state index in [4.69, 9.17) is 0 Å². The quantitative estimate of drug-likeness (QED) is 0.508. The summed E-state index contributed by atoms with van der Waals surface area (Å²) in [5, 5.41) is 2.36. The monoisotopic (exact) mass is 471 g/mol. The average Bonchev–Trinajstić information content (AvgIpc) is 2.70. The van der Waals surface area contributed by atoms with E-state index in [2.05, 4.69) is 5.32 Å². The molecule has 0 fully saturated rings. The van der Waals surface area contributed by atoms with Gasteiger partial charge < -0.3 is 5.32 Å². The Bertz CT molecular complexity index is 1100. The van der Waals surface area contributed by atoms with Gasteiger partial charge in [-0.05, 0) is 54.8 Å². The largest absolute Gasteiger partial charge is 0.416 e. The Labute approximate surface area is 185 Å². The lowest BCUT2D eigenvalue weighted by molar-refractivity contribution is -0.204. The molecule has 1 aliphatic carbocycles. The van der Waals surface area contributed by atoms with Crippen molar-refractivity contribution >= 4 is 11.5 Å². The Morgan fingerprint density at radius 3 is 2.24 bits per heavy atom. The third-order valence-corrected chi connectivity index (χ3v) is 5.54. The van der Waals surface area contributed by atoms with E-state index in [-0.39, 0.29) is 23.1 Å². The van der Waals surface area contributed by atoms with Crippen molar-refractivity contribution in [2.75, 3.05) is 0 Å². The van der Waals surface area contributed by atoms with Crippen molar-refractivity contribution in [1.29, 1.82) is 0 Å². The smallest absolute Gasteiger partial charge is 0.348 e. The molecular weight excluding hydrogens is 451 g/mol. The lowest BCUT2D eigenvalue weighted by atomic mass is 9.71. The second kappa shape index (κ2) is 8.68. The number of hydrogen-bond donors (Lipinski definition) is 1. The Hall–Kier alpha value is -3.10. The first kappa shape index (κ1) is 24.5. The van der Waals surface area contributed by atoms with E-state index in [1.807, 2.05) is 0 Å². The summed E-state index contributed by atoms with van der Waals surface area (Å²) in [4.78, 5) is 12.7. The number of alkyl halides is 6. The van der Waals surface area contributed by atoms with Gasteiger partial charge in [-0.15, -0.1) is 0 Å². The first-order valence-electron chi connectivity index (χ1n) is 9.90. The van der Waals surface area contributed by atoms with Gasteiger partial charge in [0.15, 0.2) is 0 Å². The summed E-state index contributed by atoms with van der Waals surface area (Å²) in [7, 11) is 0. The van der Waals surface area contributed by atoms with Gasteiger partial charge in [0.1, 0.15) is 11.2 Å². The molecule has 0 aromatic heterocycles. The Kier molecular flexibility index (Phi) is 6.46. The van der Waals surface area contributed by atoms with E-state index in [9.17, 15) is 35.5 Å². The molecule has 1 aliphatic rings. The molecule has 2 aromatic carbocycles. The highest BCUT2D eigenvalue weighted by Crippen LogP contribution is 2.49. The summed E-state index contributed by atoms with van der Waals surface area (Å²) in [5.41, 5.74) is -3.19. The number of halogens is 7. The van der Waals surface area contributed by atoms with E-state index >= 15 is 0 Å². The molecule has 2 nitrogen and oxygen atoms in total. The number of amides is 1. The van der Waals surface area contributed by atoms with Gasteiger partial charge >= 0.3 is 12.4 Å². The van der Waals surface area contributed by atoms with Crippen LogP contribution in [0.3, 0.4) is 0 Å². The standard InChI is InChI=1S/C24H20F7NO/c1-14-10-19(16-4-3-5-17(12-16)23(26,27)28)21(22(2,13-14)24(29,30)31)32-20(33)11-15-6-8-18(25)9-7-15/h3-10,12-13,21H,11H2,1-2H3,(H,32,33). The van der Waals surface area contributed by atoms with E-state index in [1.54, 1.807) is 0 Å². The third kappa shape index (κ3) is 5.29. The average molecular weight is 471 g/mol. The maximum atomic E-state index is 14.2. The van der Waals surface area contributed by atoms with Crippen molar-refractivity contribution in [1.82, 2.24) is 5.32 Å². The molecule has 0 aliphatic heterocycles. The summed E-state index contributed by atoms with van der Waals surface area (Å²) in [6.07, 6.45) is -7.55. The minimum absolute atomic E-state index is 0.0835. The van der Waals surface area contributed by atoms with Gasteiger partial charge in [-0.1, -0.05) is 42.0 Å². The number of hydrogen-bond acceptors (Lipinski definition) is 1. The zero-order valence-corrected chi connectivity index (χ0v) is 17.6. The molecule has 0 radical (unpaired) electrons.